The maximum absolute atomic E-state index is 10.3. The zero-order valence-corrected chi connectivity index (χ0v) is 35.5. The molecule has 0 spiro atoms. The number of rotatable bonds is 52. The summed E-state index contributed by atoms with van der Waals surface area (Å²) in [5.74, 6) is -0.994. The van der Waals surface area contributed by atoms with Gasteiger partial charge in [-0.05, 0) is 6.42 Å². The zero-order chi connectivity index (χ0) is 40.3. The number of unbranched alkanes of at least 4 members (excludes halogenated alkanes) is 15. The van der Waals surface area contributed by atoms with Crippen LogP contribution < -0.4 is 0 Å². The van der Waals surface area contributed by atoms with E-state index in [2.05, 4.69) is 6.92 Å². The van der Waals surface area contributed by atoms with Crippen molar-refractivity contribution in [1.82, 2.24) is 0 Å². The first-order chi connectivity index (χ1) is 27.8. The lowest BCUT2D eigenvalue weighted by molar-refractivity contribution is -0.142. The molecular formula is C42H84O14. The maximum Gasteiger partial charge on any atom is 0.329 e. The Morgan fingerprint density at radius 3 is 0.661 bits per heavy atom. The van der Waals surface area contributed by atoms with Crippen LogP contribution in [-0.2, 0) is 61.6 Å². The van der Waals surface area contributed by atoms with Gasteiger partial charge in [0.15, 0.2) is 0 Å². The molecule has 336 valence electrons. The summed E-state index contributed by atoms with van der Waals surface area (Å²) >= 11 is 0. The topological polar surface area (TPSA) is 148 Å². The van der Waals surface area contributed by atoms with Crippen molar-refractivity contribution in [2.75, 3.05) is 159 Å². The Labute approximate surface area is 340 Å². The van der Waals surface area contributed by atoms with E-state index in [-0.39, 0.29) is 13.2 Å². The van der Waals surface area contributed by atoms with Crippen LogP contribution in [0.3, 0.4) is 0 Å². The third-order valence-corrected chi connectivity index (χ3v) is 8.46. The third kappa shape index (κ3) is 53.0. The Morgan fingerprint density at radius 1 is 0.268 bits per heavy atom. The Morgan fingerprint density at radius 2 is 0.446 bits per heavy atom. The fraction of sp³-hybridized carbons (Fsp3) is 0.976. The Balaban J connectivity index is 3.06. The minimum absolute atomic E-state index is 0.243. The van der Waals surface area contributed by atoms with E-state index >= 15 is 0 Å². The Hall–Kier alpha value is -1.01. The highest BCUT2D eigenvalue weighted by Crippen LogP contribution is 2.13. The molecule has 0 aromatic heterocycles. The van der Waals surface area contributed by atoms with Crippen LogP contribution in [0.2, 0.25) is 0 Å². The molecular weight excluding hydrogens is 728 g/mol. The summed E-state index contributed by atoms with van der Waals surface area (Å²) in [6.07, 6.45) is 22.1. The van der Waals surface area contributed by atoms with Crippen LogP contribution >= 0.6 is 0 Å². The first kappa shape index (κ1) is 55.0. The van der Waals surface area contributed by atoms with Crippen molar-refractivity contribution in [2.45, 2.75) is 110 Å². The highest BCUT2D eigenvalue weighted by atomic mass is 16.6. The fourth-order valence-corrected chi connectivity index (χ4v) is 5.33. The normalized spacial score (nSPS) is 11.6. The summed E-state index contributed by atoms with van der Waals surface area (Å²) < 4.78 is 65.2. The van der Waals surface area contributed by atoms with Gasteiger partial charge in [-0.3, -0.25) is 0 Å². The predicted molar refractivity (Wildman–Crippen MR) is 217 cm³/mol. The van der Waals surface area contributed by atoms with E-state index in [1.807, 2.05) is 0 Å². The van der Waals surface area contributed by atoms with Gasteiger partial charge >= 0.3 is 5.97 Å². The lowest BCUT2D eigenvalue weighted by atomic mass is 10.0. The molecule has 1 N–H and O–H groups in total. The lowest BCUT2D eigenvalue weighted by Crippen LogP contribution is -2.15. The fourth-order valence-electron chi connectivity index (χ4n) is 5.33. The van der Waals surface area contributed by atoms with E-state index in [1.54, 1.807) is 0 Å². The molecule has 0 aromatic rings. The van der Waals surface area contributed by atoms with E-state index in [1.165, 1.54) is 96.3 Å². The first-order valence-electron chi connectivity index (χ1n) is 21.9. The van der Waals surface area contributed by atoms with Crippen LogP contribution in [0.1, 0.15) is 110 Å². The molecule has 0 aromatic carbocycles. The van der Waals surface area contributed by atoms with Gasteiger partial charge in [0.05, 0.1) is 145 Å². The third-order valence-electron chi connectivity index (χ3n) is 8.46. The van der Waals surface area contributed by atoms with E-state index in [9.17, 15) is 4.79 Å². The van der Waals surface area contributed by atoms with Crippen LogP contribution in [0, 0.1) is 0 Å². The van der Waals surface area contributed by atoms with E-state index in [0.717, 1.165) is 13.0 Å². The number of carboxylic acid groups (broad SMARTS) is 1. The van der Waals surface area contributed by atoms with Gasteiger partial charge < -0.3 is 61.9 Å². The summed E-state index contributed by atoms with van der Waals surface area (Å²) in [4.78, 5) is 10.3. The van der Waals surface area contributed by atoms with E-state index in [0.29, 0.717) is 139 Å². The van der Waals surface area contributed by atoms with Crippen molar-refractivity contribution in [3.05, 3.63) is 0 Å². The highest BCUT2D eigenvalue weighted by Gasteiger charge is 1.99. The van der Waals surface area contributed by atoms with Crippen LogP contribution in [0.4, 0.5) is 0 Å². The molecule has 0 radical (unpaired) electrons. The van der Waals surface area contributed by atoms with Crippen molar-refractivity contribution in [3.8, 4) is 0 Å². The van der Waals surface area contributed by atoms with Gasteiger partial charge in [0.25, 0.3) is 0 Å². The molecule has 0 bridgehead atoms. The van der Waals surface area contributed by atoms with Gasteiger partial charge in [-0.1, -0.05) is 103 Å². The predicted octanol–water partition coefficient (Wildman–Crippen LogP) is 6.53. The molecule has 0 unspecified atom stereocenters. The molecule has 0 saturated heterocycles. The van der Waals surface area contributed by atoms with E-state index in [4.69, 9.17) is 61.9 Å². The van der Waals surface area contributed by atoms with Crippen LogP contribution in [-0.4, -0.2) is 170 Å². The Bertz CT molecular complexity index is 721. The summed E-state index contributed by atoms with van der Waals surface area (Å²) in [5.41, 5.74) is 0. The number of hydrogen-bond donors (Lipinski definition) is 1. The minimum atomic E-state index is -0.994. The molecule has 0 aliphatic heterocycles. The van der Waals surface area contributed by atoms with Gasteiger partial charge in [0.2, 0.25) is 0 Å². The van der Waals surface area contributed by atoms with Gasteiger partial charge in [-0.2, -0.15) is 0 Å². The summed E-state index contributed by atoms with van der Waals surface area (Å²) in [7, 11) is 0. The minimum Gasteiger partial charge on any atom is -0.480 e. The van der Waals surface area contributed by atoms with E-state index < -0.39 is 5.97 Å². The van der Waals surface area contributed by atoms with Crippen molar-refractivity contribution in [2.24, 2.45) is 0 Å². The van der Waals surface area contributed by atoms with Gasteiger partial charge in [-0.15, -0.1) is 0 Å². The van der Waals surface area contributed by atoms with Crippen molar-refractivity contribution in [1.29, 1.82) is 0 Å². The molecule has 0 rings (SSSR count). The second-order valence-electron chi connectivity index (χ2n) is 13.5. The van der Waals surface area contributed by atoms with Crippen LogP contribution in [0.25, 0.3) is 0 Å². The number of carboxylic acids is 1. The van der Waals surface area contributed by atoms with Crippen molar-refractivity contribution in [3.63, 3.8) is 0 Å². The largest absolute Gasteiger partial charge is 0.480 e. The number of aliphatic carboxylic acids is 1. The molecule has 0 heterocycles. The molecule has 14 heteroatoms. The van der Waals surface area contributed by atoms with Crippen molar-refractivity contribution >= 4 is 5.97 Å². The number of hydrogen-bond acceptors (Lipinski definition) is 13. The van der Waals surface area contributed by atoms with Crippen LogP contribution in [0.5, 0.6) is 0 Å². The van der Waals surface area contributed by atoms with Gasteiger partial charge in [0, 0.05) is 6.61 Å². The van der Waals surface area contributed by atoms with Crippen LogP contribution in [0.15, 0.2) is 0 Å². The van der Waals surface area contributed by atoms with Gasteiger partial charge in [-0.25, -0.2) is 4.79 Å². The monoisotopic (exact) mass is 813 g/mol. The van der Waals surface area contributed by atoms with Crippen molar-refractivity contribution < 1.29 is 66.7 Å². The zero-order valence-electron chi connectivity index (χ0n) is 35.5. The highest BCUT2D eigenvalue weighted by molar-refractivity contribution is 5.67. The first-order valence-corrected chi connectivity index (χ1v) is 21.9. The number of ether oxygens (including phenoxy) is 12. The summed E-state index contributed by atoms with van der Waals surface area (Å²) in [6.45, 7) is 13.6. The Kier molecular flexibility index (Phi) is 51.1. The summed E-state index contributed by atoms with van der Waals surface area (Å²) in [6, 6.07) is 0. The van der Waals surface area contributed by atoms with Gasteiger partial charge in [0.1, 0.15) is 6.61 Å². The molecule has 0 aliphatic carbocycles. The molecule has 0 amide bonds. The average Bonchev–Trinajstić information content (AvgIpc) is 3.20. The maximum atomic E-state index is 10.3. The molecule has 0 fully saturated rings. The molecule has 0 saturated carbocycles. The molecule has 0 aliphatic rings. The second-order valence-corrected chi connectivity index (χ2v) is 13.5. The second kappa shape index (κ2) is 52.0. The smallest absolute Gasteiger partial charge is 0.329 e. The number of carbonyl (C=O) groups is 1. The standard InChI is InChI=1S/C42H84O14/c1-2-3-4-5-6-7-8-9-10-11-12-13-14-15-16-17-18-45-19-20-46-21-22-47-23-24-48-25-26-49-27-28-50-29-30-51-31-32-52-33-34-53-35-36-54-37-38-55-39-40-56-41-42(43)44/h2-41H2,1H3,(H,43,44). The summed E-state index contributed by atoms with van der Waals surface area (Å²) in [5, 5.41) is 8.44. The average molecular weight is 813 g/mol. The molecule has 14 nitrogen and oxygen atoms in total. The molecule has 56 heavy (non-hydrogen) atoms. The quantitative estimate of drug-likeness (QED) is 0.0664. The molecule has 0 atom stereocenters. The SMILES string of the molecule is CCCCCCCCCCCCCCCCCCOCCOCCOCCOCCOCCOCCOCCOCCOCCOCCOCCOCC(=O)O. The lowest BCUT2D eigenvalue weighted by Gasteiger charge is -2.09.